The molecular formula is C19H29N3O2. The highest BCUT2D eigenvalue weighted by Gasteiger charge is 2.29. The van der Waals surface area contributed by atoms with E-state index in [-0.39, 0.29) is 17.9 Å². The molecule has 5 heteroatoms. The minimum atomic E-state index is -0.498. The smallest absolute Gasteiger partial charge is 0.252 e. The van der Waals surface area contributed by atoms with E-state index in [2.05, 4.69) is 19.2 Å². The van der Waals surface area contributed by atoms with E-state index in [4.69, 9.17) is 5.73 Å². The molecule has 0 saturated carbocycles. The quantitative estimate of drug-likeness (QED) is 0.867. The van der Waals surface area contributed by atoms with Gasteiger partial charge in [0.1, 0.15) is 6.04 Å². The molecule has 1 aromatic carbocycles. The van der Waals surface area contributed by atoms with E-state index in [1.54, 1.807) is 11.0 Å². The zero-order chi connectivity index (χ0) is 17.7. The third-order valence-corrected chi connectivity index (χ3v) is 4.47. The molecule has 1 aromatic rings. The summed E-state index contributed by atoms with van der Waals surface area (Å²) in [6, 6.07) is 6.97. The number of nitrogens with one attached hydrogen (secondary N) is 1. The number of carbonyl (C=O) groups excluding carboxylic acids is 2. The van der Waals surface area contributed by atoms with E-state index in [1.165, 1.54) is 0 Å². The number of amides is 2. The Balaban J connectivity index is 2.11. The normalized spacial score (nSPS) is 19.2. The number of nitrogens with zero attached hydrogens (tertiary/aromatic N) is 1. The minimum absolute atomic E-state index is 0.0132. The molecule has 3 N–H and O–H groups in total. The van der Waals surface area contributed by atoms with Crippen LogP contribution in [0.2, 0.25) is 0 Å². The summed E-state index contributed by atoms with van der Waals surface area (Å²) in [4.78, 5) is 27.3. The van der Waals surface area contributed by atoms with Crippen molar-refractivity contribution in [1.82, 2.24) is 10.2 Å². The monoisotopic (exact) mass is 331 g/mol. The predicted molar refractivity (Wildman–Crippen MR) is 95.7 cm³/mol. The lowest BCUT2D eigenvalue weighted by molar-refractivity contribution is -0.134. The number of aryl methyl sites for hydroxylation is 1. The number of piperidine rings is 1. The molecule has 24 heavy (non-hydrogen) atoms. The zero-order valence-electron chi connectivity index (χ0n) is 14.9. The summed E-state index contributed by atoms with van der Waals surface area (Å²) in [6.07, 6.45) is 2.50. The fraction of sp³-hybridized carbons (Fsp3) is 0.579. The molecule has 0 aromatic heterocycles. The van der Waals surface area contributed by atoms with Crippen LogP contribution in [-0.4, -0.2) is 41.9 Å². The van der Waals surface area contributed by atoms with Crippen LogP contribution < -0.4 is 11.1 Å². The fourth-order valence-electron chi connectivity index (χ4n) is 3.19. The lowest BCUT2D eigenvalue weighted by atomic mass is 9.99. The molecule has 1 fully saturated rings. The Hall–Kier alpha value is -1.88. The number of hydrogen-bond donors (Lipinski definition) is 2. The molecule has 1 aliphatic heterocycles. The van der Waals surface area contributed by atoms with Crippen LogP contribution in [0.1, 0.15) is 49.0 Å². The second-order valence-electron chi connectivity index (χ2n) is 7.16. The van der Waals surface area contributed by atoms with Crippen LogP contribution in [0, 0.1) is 12.8 Å². The molecule has 1 heterocycles. The van der Waals surface area contributed by atoms with Crippen LogP contribution in [-0.2, 0) is 4.79 Å². The Morgan fingerprint density at radius 3 is 2.67 bits per heavy atom. The zero-order valence-corrected chi connectivity index (χ0v) is 14.9. The van der Waals surface area contributed by atoms with E-state index in [0.717, 1.165) is 24.9 Å². The van der Waals surface area contributed by atoms with Crippen molar-refractivity contribution >= 4 is 11.8 Å². The largest absolute Gasteiger partial charge is 0.340 e. The third kappa shape index (κ3) is 4.81. The van der Waals surface area contributed by atoms with Gasteiger partial charge in [-0.1, -0.05) is 32.0 Å². The fourth-order valence-corrected chi connectivity index (χ4v) is 3.19. The molecule has 2 amide bonds. The number of rotatable bonds is 5. The number of carbonyl (C=O) groups is 2. The summed E-state index contributed by atoms with van der Waals surface area (Å²) in [6.45, 7) is 7.32. The average molecular weight is 331 g/mol. The SMILES string of the molecule is Cc1ccccc1C(=O)NC(CC(C)C)C(=O)N1CCCC(N)C1. The van der Waals surface area contributed by atoms with Crippen molar-refractivity contribution in [2.45, 2.75) is 52.1 Å². The molecule has 2 unspecified atom stereocenters. The predicted octanol–water partition coefficient (Wildman–Crippen LogP) is 2.09. The van der Waals surface area contributed by atoms with Crippen molar-refractivity contribution in [3.05, 3.63) is 35.4 Å². The molecule has 2 atom stereocenters. The van der Waals surface area contributed by atoms with Gasteiger partial charge in [0.05, 0.1) is 0 Å². The summed E-state index contributed by atoms with van der Waals surface area (Å²) in [7, 11) is 0. The van der Waals surface area contributed by atoms with Crippen LogP contribution in [0.25, 0.3) is 0 Å². The van der Waals surface area contributed by atoms with E-state index in [9.17, 15) is 9.59 Å². The molecule has 5 nitrogen and oxygen atoms in total. The number of benzene rings is 1. The maximum absolute atomic E-state index is 12.9. The van der Waals surface area contributed by atoms with E-state index < -0.39 is 6.04 Å². The molecule has 0 aliphatic carbocycles. The number of nitrogens with two attached hydrogens (primary N) is 1. The van der Waals surface area contributed by atoms with E-state index in [0.29, 0.717) is 24.4 Å². The Labute approximate surface area is 144 Å². The highest BCUT2D eigenvalue weighted by molar-refractivity contribution is 5.98. The Kier molecular flexibility index (Phi) is 6.37. The first kappa shape index (κ1) is 18.5. The highest BCUT2D eigenvalue weighted by atomic mass is 16.2. The summed E-state index contributed by atoms with van der Waals surface area (Å²) in [5, 5.41) is 2.95. The van der Waals surface area contributed by atoms with Gasteiger partial charge in [-0.25, -0.2) is 0 Å². The van der Waals surface area contributed by atoms with Gasteiger partial charge in [-0.15, -0.1) is 0 Å². The second kappa shape index (κ2) is 8.29. The Morgan fingerprint density at radius 1 is 1.33 bits per heavy atom. The molecule has 2 rings (SSSR count). The van der Waals surface area contributed by atoms with Gasteiger partial charge >= 0.3 is 0 Å². The van der Waals surface area contributed by atoms with Crippen molar-refractivity contribution in [2.24, 2.45) is 11.7 Å². The summed E-state index contributed by atoms with van der Waals surface area (Å²) < 4.78 is 0. The maximum Gasteiger partial charge on any atom is 0.252 e. The molecule has 1 saturated heterocycles. The van der Waals surface area contributed by atoms with E-state index >= 15 is 0 Å². The Morgan fingerprint density at radius 2 is 2.04 bits per heavy atom. The first-order valence-electron chi connectivity index (χ1n) is 8.79. The molecule has 0 radical (unpaired) electrons. The van der Waals surface area contributed by atoms with Crippen LogP contribution in [0.3, 0.4) is 0 Å². The Bertz CT molecular complexity index is 586. The number of hydrogen-bond acceptors (Lipinski definition) is 3. The summed E-state index contributed by atoms with van der Waals surface area (Å²) in [5.41, 5.74) is 7.52. The van der Waals surface area contributed by atoms with Gasteiger partial charge in [-0.2, -0.15) is 0 Å². The van der Waals surface area contributed by atoms with Crippen molar-refractivity contribution in [1.29, 1.82) is 0 Å². The maximum atomic E-state index is 12.9. The summed E-state index contributed by atoms with van der Waals surface area (Å²) in [5.74, 6) is 0.115. The molecule has 1 aliphatic rings. The lowest BCUT2D eigenvalue weighted by Gasteiger charge is -2.34. The van der Waals surface area contributed by atoms with Gasteiger partial charge in [-0.05, 0) is 43.7 Å². The van der Waals surface area contributed by atoms with Crippen LogP contribution in [0.4, 0.5) is 0 Å². The topological polar surface area (TPSA) is 75.4 Å². The van der Waals surface area contributed by atoms with Gasteiger partial charge in [0, 0.05) is 24.7 Å². The van der Waals surface area contributed by atoms with Crippen LogP contribution in [0.5, 0.6) is 0 Å². The highest BCUT2D eigenvalue weighted by Crippen LogP contribution is 2.15. The first-order chi connectivity index (χ1) is 11.4. The van der Waals surface area contributed by atoms with Crippen molar-refractivity contribution in [3.63, 3.8) is 0 Å². The third-order valence-electron chi connectivity index (χ3n) is 4.47. The van der Waals surface area contributed by atoms with Crippen molar-refractivity contribution in [2.75, 3.05) is 13.1 Å². The van der Waals surface area contributed by atoms with E-state index in [1.807, 2.05) is 25.1 Å². The van der Waals surface area contributed by atoms with Gasteiger partial charge in [0.2, 0.25) is 5.91 Å². The van der Waals surface area contributed by atoms with Gasteiger partial charge < -0.3 is 16.0 Å². The van der Waals surface area contributed by atoms with Crippen molar-refractivity contribution < 1.29 is 9.59 Å². The standard InChI is InChI=1S/C19H29N3O2/c1-13(2)11-17(19(24)22-10-6-8-15(20)12-22)21-18(23)16-9-5-4-7-14(16)3/h4-5,7,9,13,15,17H,6,8,10-12,20H2,1-3H3,(H,21,23). The van der Waals surface area contributed by atoms with Crippen molar-refractivity contribution in [3.8, 4) is 0 Å². The summed E-state index contributed by atoms with van der Waals surface area (Å²) >= 11 is 0. The lowest BCUT2D eigenvalue weighted by Crippen LogP contribution is -2.54. The van der Waals surface area contributed by atoms with Crippen LogP contribution >= 0.6 is 0 Å². The first-order valence-corrected chi connectivity index (χ1v) is 8.79. The molecular weight excluding hydrogens is 302 g/mol. The average Bonchev–Trinajstić information content (AvgIpc) is 2.53. The van der Waals surface area contributed by atoms with Crippen LogP contribution in [0.15, 0.2) is 24.3 Å². The number of likely N-dealkylation sites (tertiary alicyclic amines) is 1. The van der Waals surface area contributed by atoms with Gasteiger partial charge in [0.15, 0.2) is 0 Å². The van der Waals surface area contributed by atoms with Gasteiger partial charge in [-0.3, -0.25) is 9.59 Å². The molecule has 0 spiro atoms. The second-order valence-corrected chi connectivity index (χ2v) is 7.16. The molecule has 132 valence electrons. The minimum Gasteiger partial charge on any atom is -0.340 e. The molecule has 0 bridgehead atoms. The van der Waals surface area contributed by atoms with Gasteiger partial charge in [0.25, 0.3) is 5.91 Å².